The number of hydrogen-bond donors (Lipinski definition) is 2. The molecule has 0 atom stereocenters. The van der Waals surface area contributed by atoms with Crippen LogP contribution in [-0.2, 0) is 0 Å². The third kappa shape index (κ3) is 1.51. The molecule has 72 valence electrons. The summed E-state index contributed by atoms with van der Waals surface area (Å²) >= 11 is 1.43. The number of hydrogen-bond acceptors (Lipinski definition) is 5. The summed E-state index contributed by atoms with van der Waals surface area (Å²) in [6, 6.07) is 1.89. The molecule has 0 saturated carbocycles. The zero-order chi connectivity index (χ0) is 9.97. The van der Waals surface area contributed by atoms with E-state index in [1.165, 1.54) is 11.3 Å². The molecule has 14 heavy (non-hydrogen) atoms. The lowest BCUT2D eigenvalue weighted by molar-refractivity contribution is 1.11. The van der Waals surface area contributed by atoms with E-state index in [1.807, 2.05) is 11.4 Å². The first-order valence-electron chi connectivity index (χ1n) is 4.02. The van der Waals surface area contributed by atoms with Crippen LogP contribution in [0.15, 0.2) is 21.3 Å². The number of H-pyrrole nitrogens is 1. The van der Waals surface area contributed by atoms with Gasteiger partial charge in [-0.25, -0.2) is 4.79 Å². The van der Waals surface area contributed by atoms with Gasteiger partial charge < -0.3 is 0 Å². The lowest BCUT2D eigenvalue weighted by Gasteiger charge is -1.99. The monoisotopic (exact) mass is 208 g/mol. The van der Waals surface area contributed by atoms with Gasteiger partial charge in [-0.05, 0) is 18.4 Å². The Kier molecular flexibility index (Phi) is 2.28. The summed E-state index contributed by atoms with van der Waals surface area (Å²) < 4.78 is 0. The van der Waals surface area contributed by atoms with Crippen molar-refractivity contribution in [1.29, 1.82) is 0 Å². The summed E-state index contributed by atoms with van der Waals surface area (Å²) in [5.74, 6) is 0.583. The topological polar surface area (TPSA) is 70.1 Å². The van der Waals surface area contributed by atoms with Gasteiger partial charge in [-0.1, -0.05) is 0 Å². The number of nitrogens with one attached hydrogen (secondary N) is 2. The van der Waals surface area contributed by atoms with E-state index < -0.39 is 0 Å². The maximum atomic E-state index is 11.1. The van der Waals surface area contributed by atoms with Crippen molar-refractivity contribution < 1.29 is 0 Å². The van der Waals surface area contributed by atoms with E-state index in [0.29, 0.717) is 10.6 Å². The van der Waals surface area contributed by atoms with Crippen molar-refractivity contribution >= 4 is 33.6 Å². The number of anilines is 1. The van der Waals surface area contributed by atoms with E-state index in [9.17, 15) is 4.79 Å². The van der Waals surface area contributed by atoms with Gasteiger partial charge in [-0.2, -0.15) is 10.1 Å². The average molecular weight is 208 g/mol. The van der Waals surface area contributed by atoms with Gasteiger partial charge in [0.25, 0.3) is 0 Å². The average Bonchev–Trinajstić information content (AvgIpc) is 2.61. The summed E-state index contributed by atoms with van der Waals surface area (Å²) in [6.07, 6.45) is 1.61. The minimum absolute atomic E-state index is 0.367. The van der Waals surface area contributed by atoms with Crippen LogP contribution >= 0.6 is 11.3 Å². The lowest BCUT2D eigenvalue weighted by Crippen LogP contribution is -2.11. The highest BCUT2D eigenvalue weighted by atomic mass is 32.1. The van der Waals surface area contributed by atoms with Crippen LogP contribution in [0.25, 0.3) is 10.2 Å². The van der Waals surface area contributed by atoms with Crippen LogP contribution in [0, 0.1) is 0 Å². The van der Waals surface area contributed by atoms with Crippen molar-refractivity contribution in [2.45, 2.75) is 6.92 Å². The fraction of sp³-hybridized carbons (Fsp3) is 0.125. The summed E-state index contributed by atoms with van der Waals surface area (Å²) in [5.41, 5.74) is 2.38. The van der Waals surface area contributed by atoms with Crippen LogP contribution in [0.5, 0.6) is 0 Å². The van der Waals surface area contributed by atoms with E-state index in [0.717, 1.165) is 5.39 Å². The second-order valence-electron chi connectivity index (χ2n) is 2.56. The molecule has 0 spiro atoms. The van der Waals surface area contributed by atoms with Crippen LogP contribution < -0.4 is 11.1 Å². The van der Waals surface area contributed by atoms with Gasteiger partial charge >= 0.3 is 5.69 Å². The molecular weight excluding hydrogens is 200 g/mol. The van der Waals surface area contributed by atoms with Crippen LogP contribution in [0.2, 0.25) is 0 Å². The first-order valence-corrected chi connectivity index (χ1v) is 4.90. The zero-order valence-corrected chi connectivity index (χ0v) is 8.26. The molecule has 2 rings (SSSR count). The highest BCUT2D eigenvalue weighted by Gasteiger charge is 2.03. The summed E-state index contributed by atoms with van der Waals surface area (Å²) in [7, 11) is 0. The molecule has 2 heterocycles. The molecule has 0 amide bonds. The van der Waals surface area contributed by atoms with Crippen LogP contribution in [0.1, 0.15) is 6.92 Å². The zero-order valence-electron chi connectivity index (χ0n) is 7.44. The Morgan fingerprint density at radius 3 is 3.36 bits per heavy atom. The Morgan fingerprint density at radius 1 is 1.71 bits per heavy atom. The van der Waals surface area contributed by atoms with E-state index >= 15 is 0 Å². The number of fused-ring (bicyclic) bond motifs is 1. The van der Waals surface area contributed by atoms with Crippen molar-refractivity contribution in [3.8, 4) is 0 Å². The second kappa shape index (κ2) is 3.59. The molecule has 2 aromatic heterocycles. The Hall–Kier alpha value is -1.69. The van der Waals surface area contributed by atoms with Crippen molar-refractivity contribution in [1.82, 2.24) is 9.97 Å². The number of aromatic nitrogens is 2. The highest BCUT2D eigenvalue weighted by Crippen LogP contribution is 2.22. The first-order chi connectivity index (χ1) is 6.81. The Labute approximate surface area is 83.5 Å². The van der Waals surface area contributed by atoms with Gasteiger partial charge in [0.2, 0.25) is 0 Å². The number of hydrazone groups is 1. The largest absolute Gasteiger partial charge is 0.347 e. The molecule has 0 saturated heterocycles. The Bertz CT molecular complexity index is 527. The van der Waals surface area contributed by atoms with Crippen molar-refractivity contribution in [3.63, 3.8) is 0 Å². The molecule has 0 aliphatic carbocycles. The molecule has 0 aliphatic rings. The van der Waals surface area contributed by atoms with Gasteiger partial charge in [0.1, 0.15) is 10.6 Å². The van der Waals surface area contributed by atoms with Gasteiger partial charge in [-0.3, -0.25) is 10.4 Å². The number of thiophene rings is 1. The van der Waals surface area contributed by atoms with Crippen LogP contribution in [0.4, 0.5) is 5.82 Å². The molecule has 0 aliphatic heterocycles. The van der Waals surface area contributed by atoms with Crippen LogP contribution in [-0.4, -0.2) is 16.2 Å². The number of rotatable bonds is 2. The first kappa shape index (κ1) is 8.89. The molecule has 6 heteroatoms. The van der Waals surface area contributed by atoms with Gasteiger partial charge in [0.15, 0.2) is 0 Å². The molecule has 0 radical (unpaired) electrons. The Balaban J connectivity index is 2.60. The summed E-state index contributed by atoms with van der Waals surface area (Å²) in [6.45, 7) is 1.79. The van der Waals surface area contributed by atoms with Crippen LogP contribution in [0.3, 0.4) is 0 Å². The third-order valence-electron chi connectivity index (χ3n) is 1.65. The van der Waals surface area contributed by atoms with E-state index in [2.05, 4.69) is 20.5 Å². The molecule has 0 aromatic carbocycles. The number of aromatic amines is 1. The maximum Gasteiger partial charge on any atom is 0.347 e. The molecule has 2 aromatic rings. The minimum atomic E-state index is -0.367. The third-order valence-corrected chi connectivity index (χ3v) is 2.46. The standard InChI is InChI=1S/C8H8N4OS/c1-2-9-12-6-5-3-4-14-7(5)11-8(13)10-6/h2-4H,1H3,(H2,10,11,12,13)/b9-2+. The summed E-state index contributed by atoms with van der Waals surface area (Å²) in [4.78, 5) is 18.2. The second-order valence-corrected chi connectivity index (χ2v) is 3.45. The van der Waals surface area contributed by atoms with E-state index in [-0.39, 0.29) is 5.69 Å². The van der Waals surface area contributed by atoms with Gasteiger partial charge in [-0.15, -0.1) is 11.3 Å². The smallest absolute Gasteiger partial charge is 0.290 e. The predicted molar refractivity (Wildman–Crippen MR) is 58.0 cm³/mol. The molecular formula is C8H8N4OS. The normalized spacial score (nSPS) is 11.2. The highest BCUT2D eigenvalue weighted by molar-refractivity contribution is 7.16. The van der Waals surface area contributed by atoms with E-state index in [1.54, 1.807) is 13.1 Å². The number of nitrogens with zero attached hydrogens (tertiary/aromatic N) is 2. The molecule has 5 nitrogen and oxygen atoms in total. The fourth-order valence-corrected chi connectivity index (χ4v) is 1.86. The lowest BCUT2D eigenvalue weighted by atomic mass is 10.4. The van der Waals surface area contributed by atoms with Gasteiger partial charge in [0.05, 0.1) is 5.39 Å². The Morgan fingerprint density at radius 2 is 2.57 bits per heavy atom. The van der Waals surface area contributed by atoms with Crippen molar-refractivity contribution in [2.75, 3.05) is 5.43 Å². The SMILES string of the molecule is C/C=N/Nc1[nH]c(=O)nc2sccc12. The predicted octanol–water partition coefficient (Wildman–Crippen LogP) is 1.40. The summed E-state index contributed by atoms with van der Waals surface area (Å²) in [5, 5.41) is 6.60. The molecule has 0 fully saturated rings. The maximum absolute atomic E-state index is 11.1. The quantitative estimate of drug-likeness (QED) is 0.579. The molecule has 0 unspecified atom stereocenters. The molecule has 2 N–H and O–H groups in total. The fourth-order valence-electron chi connectivity index (χ4n) is 1.09. The van der Waals surface area contributed by atoms with Crippen molar-refractivity contribution in [2.24, 2.45) is 5.10 Å². The minimum Gasteiger partial charge on any atom is -0.290 e. The van der Waals surface area contributed by atoms with E-state index in [4.69, 9.17) is 0 Å². The molecule has 0 bridgehead atoms. The van der Waals surface area contributed by atoms with Crippen molar-refractivity contribution in [3.05, 3.63) is 21.9 Å². The van der Waals surface area contributed by atoms with Gasteiger partial charge in [0, 0.05) is 6.21 Å².